The maximum absolute atomic E-state index is 2.59. The summed E-state index contributed by atoms with van der Waals surface area (Å²) in [4.78, 5) is 6.50. The van der Waals surface area contributed by atoms with Gasteiger partial charge in [-0.25, -0.2) is 0 Å². The molecule has 94 valence electrons. The molecule has 17 heavy (non-hydrogen) atoms. The summed E-state index contributed by atoms with van der Waals surface area (Å²) in [5.41, 5.74) is 0. The van der Waals surface area contributed by atoms with Gasteiger partial charge in [-0.2, -0.15) is 0 Å². The highest BCUT2D eigenvalue weighted by atomic mass is 32.2. The van der Waals surface area contributed by atoms with Gasteiger partial charge in [-0.15, -0.1) is 11.8 Å². The third-order valence-electron chi connectivity index (χ3n) is 3.33. The van der Waals surface area contributed by atoms with Crippen LogP contribution in [0.2, 0.25) is 0 Å². The molecular weight excluding hydrogens is 228 g/mol. The number of hydrogen-bond donors (Lipinski definition) is 0. The van der Waals surface area contributed by atoms with Gasteiger partial charge in [0.1, 0.15) is 0 Å². The fourth-order valence-electron chi connectivity index (χ4n) is 2.14. The zero-order valence-corrected chi connectivity index (χ0v) is 11.5. The Morgan fingerprint density at radius 3 is 2.29 bits per heavy atom. The Bertz CT molecular complexity index is 307. The molecule has 0 amide bonds. The van der Waals surface area contributed by atoms with Gasteiger partial charge >= 0.3 is 0 Å². The molecule has 0 spiro atoms. The summed E-state index contributed by atoms with van der Waals surface area (Å²) in [5, 5.41) is 0. The molecular formula is C14H22N2S. The predicted octanol–water partition coefficient (Wildman–Crippen LogP) is 2.42. The number of thioether (sulfide) groups is 1. The molecule has 1 saturated heterocycles. The third kappa shape index (κ3) is 4.34. The molecule has 1 heterocycles. The zero-order valence-electron chi connectivity index (χ0n) is 10.6. The normalized spacial score (nSPS) is 18.4. The maximum atomic E-state index is 2.59. The average Bonchev–Trinajstić information content (AvgIpc) is 2.41. The van der Waals surface area contributed by atoms with E-state index in [0.29, 0.717) is 0 Å². The highest BCUT2D eigenvalue weighted by molar-refractivity contribution is 7.99. The number of piperazine rings is 1. The van der Waals surface area contributed by atoms with Crippen molar-refractivity contribution in [3.05, 3.63) is 30.3 Å². The number of nitrogens with zero attached hydrogens (tertiary/aromatic N) is 2. The van der Waals surface area contributed by atoms with E-state index in [4.69, 9.17) is 0 Å². The second kappa shape index (κ2) is 7.04. The Morgan fingerprint density at radius 1 is 1.00 bits per heavy atom. The van der Waals surface area contributed by atoms with Crippen molar-refractivity contribution in [3.63, 3.8) is 0 Å². The van der Waals surface area contributed by atoms with Gasteiger partial charge in [-0.1, -0.05) is 25.1 Å². The van der Waals surface area contributed by atoms with Crippen molar-refractivity contribution in [2.45, 2.75) is 11.8 Å². The molecule has 0 saturated carbocycles. The molecule has 1 fully saturated rings. The van der Waals surface area contributed by atoms with Crippen molar-refractivity contribution >= 4 is 11.8 Å². The number of likely N-dealkylation sites (N-methyl/N-ethyl adjacent to an activating group) is 1. The summed E-state index contributed by atoms with van der Waals surface area (Å²) in [5.74, 6) is 1.20. The highest BCUT2D eigenvalue weighted by Crippen LogP contribution is 2.17. The van der Waals surface area contributed by atoms with Crippen molar-refractivity contribution in [2.24, 2.45) is 0 Å². The van der Waals surface area contributed by atoms with E-state index in [1.54, 1.807) is 0 Å². The van der Waals surface area contributed by atoms with E-state index in [-0.39, 0.29) is 0 Å². The standard InChI is InChI=1S/C14H22N2S/c1-2-15-8-10-16(11-9-15)12-13-17-14-6-4-3-5-7-14/h3-7H,2,8-13H2,1H3. The zero-order chi connectivity index (χ0) is 11.9. The quantitative estimate of drug-likeness (QED) is 0.741. The van der Waals surface area contributed by atoms with E-state index >= 15 is 0 Å². The Kier molecular flexibility index (Phi) is 5.36. The molecule has 1 aromatic carbocycles. The summed E-state index contributed by atoms with van der Waals surface area (Å²) < 4.78 is 0. The van der Waals surface area contributed by atoms with Gasteiger partial charge in [0.2, 0.25) is 0 Å². The van der Waals surface area contributed by atoms with Gasteiger partial charge in [-0.3, -0.25) is 4.90 Å². The Labute approximate surface area is 109 Å². The second-order valence-corrected chi connectivity index (χ2v) is 5.61. The maximum Gasteiger partial charge on any atom is 0.0110 e. The number of benzene rings is 1. The summed E-state index contributed by atoms with van der Waals surface area (Å²) in [6.07, 6.45) is 0. The molecule has 0 atom stereocenters. The lowest BCUT2D eigenvalue weighted by Gasteiger charge is -2.33. The first-order chi connectivity index (χ1) is 8.38. The van der Waals surface area contributed by atoms with Crippen LogP contribution in [0.3, 0.4) is 0 Å². The van der Waals surface area contributed by atoms with Crippen molar-refractivity contribution in [1.29, 1.82) is 0 Å². The minimum absolute atomic E-state index is 1.20. The molecule has 0 bridgehead atoms. The molecule has 0 N–H and O–H groups in total. The first-order valence-electron chi connectivity index (χ1n) is 6.51. The van der Waals surface area contributed by atoms with Crippen LogP contribution >= 0.6 is 11.8 Å². The molecule has 2 nitrogen and oxygen atoms in total. The molecule has 3 heteroatoms. The first-order valence-corrected chi connectivity index (χ1v) is 7.49. The van der Waals surface area contributed by atoms with Gasteiger partial charge in [0.25, 0.3) is 0 Å². The molecule has 1 aliphatic heterocycles. The van der Waals surface area contributed by atoms with E-state index in [1.165, 1.54) is 49.9 Å². The topological polar surface area (TPSA) is 6.48 Å². The fraction of sp³-hybridized carbons (Fsp3) is 0.571. The molecule has 1 aliphatic rings. The summed E-state index contributed by atoms with van der Waals surface area (Å²) in [6.45, 7) is 9.63. The van der Waals surface area contributed by atoms with Crippen LogP contribution in [0.5, 0.6) is 0 Å². The average molecular weight is 250 g/mol. The minimum Gasteiger partial charge on any atom is -0.301 e. The highest BCUT2D eigenvalue weighted by Gasteiger charge is 2.14. The van der Waals surface area contributed by atoms with Crippen LogP contribution in [-0.4, -0.2) is 54.8 Å². The van der Waals surface area contributed by atoms with E-state index in [0.717, 1.165) is 0 Å². The lowest BCUT2D eigenvalue weighted by molar-refractivity contribution is 0.143. The van der Waals surface area contributed by atoms with E-state index in [1.807, 2.05) is 11.8 Å². The van der Waals surface area contributed by atoms with Crippen LogP contribution in [0, 0.1) is 0 Å². The van der Waals surface area contributed by atoms with Crippen LogP contribution < -0.4 is 0 Å². The van der Waals surface area contributed by atoms with Crippen LogP contribution in [0.1, 0.15) is 6.92 Å². The van der Waals surface area contributed by atoms with Crippen molar-refractivity contribution in [3.8, 4) is 0 Å². The van der Waals surface area contributed by atoms with Crippen LogP contribution in [0.4, 0.5) is 0 Å². The van der Waals surface area contributed by atoms with Gasteiger partial charge in [0.15, 0.2) is 0 Å². The molecule has 0 aliphatic carbocycles. The van der Waals surface area contributed by atoms with Gasteiger partial charge in [0, 0.05) is 43.4 Å². The first kappa shape index (κ1) is 12.9. The molecule has 2 rings (SSSR count). The van der Waals surface area contributed by atoms with E-state index in [9.17, 15) is 0 Å². The summed E-state index contributed by atoms with van der Waals surface area (Å²) >= 11 is 1.97. The molecule has 1 aromatic rings. The predicted molar refractivity (Wildman–Crippen MR) is 75.7 cm³/mol. The number of hydrogen-bond acceptors (Lipinski definition) is 3. The van der Waals surface area contributed by atoms with Crippen molar-refractivity contribution in [2.75, 3.05) is 45.0 Å². The van der Waals surface area contributed by atoms with Crippen molar-refractivity contribution < 1.29 is 0 Å². The summed E-state index contributed by atoms with van der Waals surface area (Å²) in [6, 6.07) is 10.7. The van der Waals surface area contributed by atoms with Crippen LogP contribution in [0.15, 0.2) is 35.2 Å². The van der Waals surface area contributed by atoms with Gasteiger partial charge in [-0.05, 0) is 18.7 Å². The van der Waals surface area contributed by atoms with E-state index < -0.39 is 0 Å². The molecule has 0 radical (unpaired) electrons. The summed E-state index contributed by atoms with van der Waals surface area (Å²) in [7, 11) is 0. The molecule has 0 unspecified atom stereocenters. The smallest absolute Gasteiger partial charge is 0.0110 e. The Hall–Kier alpha value is -0.510. The lowest BCUT2D eigenvalue weighted by Crippen LogP contribution is -2.46. The SMILES string of the molecule is CCN1CCN(CCSc2ccccc2)CC1. The lowest BCUT2D eigenvalue weighted by atomic mass is 10.3. The van der Waals surface area contributed by atoms with Gasteiger partial charge in [0.05, 0.1) is 0 Å². The van der Waals surface area contributed by atoms with Crippen LogP contribution in [0.25, 0.3) is 0 Å². The number of rotatable bonds is 5. The second-order valence-electron chi connectivity index (χ2n) is 4.44. The van der Waals surface area contributed by atoms with Crippen LogP contribution in [-0.2, 0) is 0 Å². The largest absolute Gasteiger partial charge is 0.301 e. The van der Waals surface area contributed by atoms with Crippen molar-refractivity contribution in [1.82, 2.24) is 9.80 Å². The fourth-order valence-corrected chi connectivity index (χ4v) is 3.07. The molecule has 0 aromatic heterocycles. The monoisotopic (exact) mass is 250 g/mol. The minimum atomic E-state index is 1.20. The third-order valence-corrected chi connectivity index (χ3v) is 4.32. The Morgan fingerprint density at radius 2 is 1.65 bits per heavy atom. The Balaban J connectivity index is 1.63. The van der Waals surface area contributed by atoms with Gasteiger partial charge < -0.3 is 4.90 Å². The van der Waals surface area contributed by atoms with E-state index in [2.05, 4.69) is 47.1 Å².